The number of unbranched alkanes of at least 4 members (excludes halogenated alkanes) is 1. The quantitative estimate of drug-likeness (QED) is 0.407. The number of amides is 2. The fraction of sp³-hybridized carbons (Fsp3) is 0.643. The van der Waals surface area contributed by atoms with Gasteiger partial charge in [0.05, 0.1) is 12.6 Å². The van der Waals surface area contributed by atoms with Crippen LogP contribution in [0.2, 0.25) is 0 Å². The highest BCUT2D eigenvalue weighted by atomic mass is 16.3. The van der Waals surface area contributed by atoms with Crippen molar-refractivity contribution in [2.45, 2.75) is 51.6 Å². The van der Waals surface area contributed by atoms with E-state index in [2.05, 4.69) is 6.58 Å². The molecule has 1 aliphatic heterocycles. The average molecular weight is 267 g/mol. The third kappa shape index (κ3) is 4.95. The Labute approximate surface area is 113 Å². The van der Waals surface area contributed by atoms with E-state index in [9.17, 15) is 19.5 Å². The molecule has 0 aliphatic carbocycles. The minimum atomic E-state index is -0.703. The maximum Gasteiger partial charge on any atom is 0.229 e. The van der Waals surface area contributed by atoms with Crippen LogP contribution in [0.5, 0.6) is 0 Å². The molecule has 0 saturated carbocycles. The molecular formula is C14H21NO4. The number of likely N-dealkylation sites (tertiary alicyclic amines) is 1. The zero-order valence-electron chi connectivity index (χ0n) is 11.4. The Bertz CT molecular complexity index is 373. The van der Waals surface area contributed by atoms with E-state index in [-0.39, 0.29) is 37.0 Å². The molecule has 1 rings (SSSR count). The van der Waals surface area contributed by atoms with Crippen LogP contribution in [0, 0.1) is 0 Å². The molecule has 106 valence electrons. The van der Waals surface area contributed by atoms with Gasteiger partial charge in [-0.1, -0.05) is 13.0 Å². The first-order valence-electron chi connectivity index (χ1n) is 6.61. The lowest BCUT2D eigenvalue weighted by Crippen LogP contribution is -2.36. The van der Waals surface area contributed by atoms with Crippen molar-refractivity contribution in [3.63, 3.8) is 0 Å². The number of Topliss-reactive ketones (excluding diaryl/α,β-unsaturated/α-hetero) is 1. The fourth-order valence-electron chi connectivity index (χ4n) is 2.01. The van der Waals surface area contributed by atoms with Crippen molar-refractivity contribution in [3.05, 3.63) is 12.2 Å². The summed E-state index contributed by atoms with van der Waals surface area (Å²) in [6, 6.07) is 0. The molecule has 1 heterocycles. The molecule has 1 atom stereocenters. The van der Waals surface area contributed by atoms with Gasteiger partial charge in [-0.25, -0.2) is 0 Å². The molecule has 19 heavy (non-hydrogen) atoms. The lowest BCUT2D eigenvalue weighted by molar-refractivity contribution is -0.140. The highest BCUT2D eigenvalue weighted by molar-refractivity contribution is 6.01. The van der Waals surface area contributed by atoms with Crippen molar-refractivity contribution < 1.29 is 19.5 Å². The number of carbonyl (C=O) groups excluding carboxylic acids is 3. The Morgan fingerprint density at radius 2 is 1.89 bits per heavy atom. The van der Waals surface area contributed by atoms with Crippen molar-refractivity contribution in [2.75, 3.05) is 6.54 Å². The number of nitrogens with zero attached hydrogens (tertiary/aromatic N) is 1. The minimum Gasteiger partial charge on any atom is -0.391 e. The topological polar surface area (TPSA) is 74.7 Å². The van der Waals surface area contributed by atoms with Crippen LogP contribution in [-0.4, -0.2) is 40.3 Å². The summed E-state index contributed by atoms with van der Waals surface area (Å²) in [5.41, 5.74) is 0.550. The van der Waals surface area contributed by atoms with E-state index < -0.39 is 6.10 Å². The summed E-state index contributed by atoms with van der Waals surface area (Å²) in [5, 5.41) is 9.77. The fourth-order valence-corrected chi connectivity index (χ4v) is 2.01. The average Bonchev–Trinajstić information content (AvgIpc) is 2.66. The minimum absolute atomic E-state index is 0.0411. The molecule has 2 amide bonds. The first-order chi connectivity index (χ1) is 8.91. The maximum atomic E-state index is 11.4. The molecule has 0 bridgehead atoms. The van der Waals surface area contributed by atoms with E-state index >= 15 is 0 Å². The van der Waals surface area contributed by atoms with Crippen molar-refractivity contribution in [3.8, 4) is 0 Å². The number of ketones is 1. The van der Waals surface area contributed by atoms with E-state index in [1.807, 2.05) is 0 Å². The van der Waals surface area contributed by atoms with Crippen LogP contribution in [0.1, 0.15) is 45.4 Å². The number of allylic oxidation sites excluding steroid dienone is 1. The van der Waals surface area contributed by atoms with E-state index in [0.29, 0.717) is 31.3 Å². The SMILES string of the molecule is C=C(C)C(=O)CCCCC(O)CN1C(=O)CCC1=O. The molecule has 1 aliphatic rings. The predicted molar refractivity (Wildman–Crippen MR) is 70.2 cm³/mol. The molecule has 5 nitrogen and oxygen atoms in total. The third-order valence-electron chi connectivity index (χ3n) is 3.22. The number of imide groups is 1. The van der Waals surface area contributed by atoms with Crippen molar-refractivity contribution in [2.24, 2.45) is 0 Å². The molecule has 5 heteroatoms. The molecule has 1 saturated heterocycles. The van der Waals surface area contributed by atoms with Crippen LogP contribution >= 0.6 is 0 Å². The number of carbonyl (C=O) groups is 3. The Kier molecular flexibility index (Phi) is 5.89. The third-order valence-corrected chi connectivity index (χ3v) is 3.22. The van der Waals surface area contributed by atoms with E-state index in [4.69, 9.17) is 0 Å². The number of rotatable bonds is 8. The first kappa shape index (κ1) is 15.6. The summed E-state index contributed by atoms with van der Waals surface area (Å²) in [7, 11) is 0. The van der Waals surface area contributed by atoms with Crippen LogP contribution in [0.4, 0.5) is 0 Å². The van der Waals surface area contributed by atoms with Gasteiger partial charge in [0.15, 0.2) is 5.78 Å². The summed E-state index contributed by atoms with van der Waals surface area (Å²) < 4.78 is 0. The standard InChI is InChI=1S/C14H21NO4/c1-10(2)12(17)6-4-3-5-11(16)9-15-13(18)7-8-14(15)19/h11,16H,1,3-9H2,2H3. The van der Waals surface area contributed by atoms with E-state index in [0.717, 1.165) is 4.90 Å². The summed E-state index contributed by atoms with van der Waals surface area (Å²) in [5.74, 6) is -0.373. The Morgan fingerprint density at radius 3 is 2.42 bits per heavy atom. The summed E-state index contributed by atoms with van der Waals surface area (Å²) in [6.07, 6.45) is 2.09. The molecule has 1 N–H and O–H groups in total. The van der Waals surface area contributed by atoms with Gasteiger partial charge in [-0.2, -0.15) is 0 Å². The van der Waals surface area contributed by atoms with Gasteiger partial charge < -0.3 is 5.11 Å². The lowest BCUT2D eigenvalue weighted by Gasteiger charge is -2.18. The van der Waals surface area contributed by atoms with Gasteiger partial charge in [-0.15, -0.1) is 0 Å². The van der Waals surface area contributed by atoms with Crippen molar-refractivity contribution in [1.29, 1.82) is 0 Å². The van der Waals surface area contributed by atoms with Gasteiger partial charge in [-0.3, -0.25) is 19.3 Å². The first-order valence-corrected chi connectivity index (χ1v) is 6.61. The summed E-state index contributed by atoms with van der Waals surface area (Å²) in [4.78, 5) is 35.1. The molecule has 0 aromatic heterocycles. The van der Waals surface area contributed by atoms with Gasteiger partial charge in [0.25, 0.3) is 0 Å². The molecule has 1 fully saturated rings. The zero-order valence-corrected chi connectivity index (χ0v) is 11.4. The lowest BCUT2D eigenvalue weighted by atomic mass is 10.1. The molecule has 0 radical (unpaired) electrons. The van der Waals surface area contributed by atoms with Crippen LogP contribution in [-0.2, 0) is 14.4 Å². The number of hydrogen-bond donors (Lipinski definition) is 1. The van der Waals surface area contributed by atoms with E-state index in [1.165, 1.54) is 0 Å². The predicted octanol–water partition coefficient (Wildman–Crippen LogP) is 1.20. The molecular weight excluding hydrogens is 246 g/mol. The van der Waals surface area contributed by atoms with Crippen LogP contribution in [0.3, 0.4) is 0 Å². The second-order valence-corrected chi connectivity index (χ2v) is 5.00. The van der Waals surface area contributed by atoms with Crippen molar-refractivity contribution >= 4 is 17.6 Å². The molecule has 0 aromatic rings. The molecule has 0 aromatic carbocycles. The van der Waals surface area contributed by atoms with Gasteiger partial charge in [-0.05, 0) is 25.3 Å². The highest BCUT2D eigenvalue weighted by Gasteiger charge is 2.30. The van der Waals surface area contributed by atoms with Gasteiger partial charge in [0.1, 0.15) is 0 Å². The number of β-amino-alcohol motifs (C(OH)–C–C–N with tert-alkyl or cyclic N) is 1. The number of aliphatic hydroxyl groups excluding tert-OH is 1. The Hall–Kier alpha value is -1.49. The van der Waals surface area contributed by atoms with Gasteiger partial charge in [0.2, 0.25) is 11.8 Å². The largest absolute Gasteiger partial charge is 0.391 e. The van der Waals surface area contributed by atoms with Crippen LogP contribution < -0.4 is 0 Å². The Balaban J connectivity index is 2.19. The normalized spacial score (nSPS) is 16.8. The second-order valence-electron chi connectivity index (χ2n) is 5.00. The summed E-state index contributed by atoms with van der Waals surface area (Å²) in [6.45, 7) is 5.33. The molecule has 1 unspecified atom stereocenters. The number of hydrogen-bond acceptors (Lipinski definition) is 4. The summed E-state index contributed by atoms with van der Waals surface area (Å²) >= 11 is 0. The number of aliphatic hydroxyl groups is 1. The second kappa shape index (κ2) is 7.19. The highest BCUT2D eigenvalue weighted by Crippen LogP contribution is 2.14. The van der Waals surface area contributed by atoms with Crippen molar-refractivity contribution in [1.82, 2.24) is 4.90 Å². The van der Waals surface area contributed by atoms with E-state index in [1.54, 1.807) is 6.92 Å². The smallest absolute Gasteiger partial charge is 0.229 e. The van der Waals surface area contributed by atoms with Crippen LogP contribution in [0.15, 0.2) is 12.2 Å². The van der Waals surface area contributed by atoms with Gasteiger partial charge in [0, 0.05) is 19.3 Å². The Morgan fingerprint density at radius 1 is 1.32 bits per heavy atom. The van der Waals surface area contributed by atoms with Gasteiger partial charge >= 0.3 is 0 Å². The monoisotopic (exact) mass is 267 g/mol. The molecule has 0 spiro atoms. The van der Waals surface area contributed by atoms with Crippen LogP contribution in [0.25, 0.3) is 0 Å². The zero-order chi connectivity index (χ0) is 14.4. The maximum absolute atomic E-state index is 11.4.